The minimum atomic E-state index is -4.74. The topological polar surface area (TPSA) is 84.0 Å². The molecule has 0 radical (unpaired) electrons. The number of hydrogen-bond acceptors (Lipinski definition) is 5. The standard InChI is InChI=1S/C19H15F3N4O2S/c1-23-18(28)25-15(27)14(11-7-3-2-4-8-11)29-16-12-9-5-6-10-13(12)24-17(26-16)19(20,21)22/h2-10,14H,1H3,(H2,23,25,27,28). The van der Waals surface area contributed by atoms with E-state index in [9.17, 15) is 22.8 Å². The third-order valence-electron chi connectivity index (χ3n) is 3.86. The van der Waals surface area contributed by atoms with Gasteiger partial charge in [0, 0.05) is 12.4 Å². The van der Waals surface area contributed by atoms with Crippen LogP contribution in [0.3, 0.4) is 0 Å². The lowest BCUT2D eigenvalue weighted by atomic mass is 10.1. The zero-order chi connectivity index (χ0) is 21.0. The number of amides is 3. The maximum atomic E-state index is 13.3. The Balaban J connectivity index is 2.08. The normalized spacial score (nSPS) is 12.4. The molecule has 0 spiro atoms. The number of nitrogens with zero attached hydrogens (tertiary/aromatic N) is 2. The number of fused-ring (bicyclic) bond motifs is 1. The summed E-state index contributed by atoms with van der Waals surface area (Å²) in [4.78, 5) is 31.5. The van der Waals surface area contributed by atoms with Crippen molar-refractivity contribution in [2.75, 3.05) is 7.05 Å². The van der Waals surface area contributed by atoms with E-state index in [-0.39, 0.29) is 10.5 Å². The number of carbonyl (C=O) groups excluding carboxylic acids is 2. The molecule has 0 aliphatic carbocycles. The Morgan fingerprint density at radius 1 is 1.00 bits per heavy atom. The van der Waals surface area contributed by atoms with Gasteiger partial charge in [0.1, 0.15) is 10.3 Å². The Morgan fingerprint density at radius 3 is 2.31 bits per heavy atom. The maximum absolute atomic E-state index is 13.3. The van der Waals surface area contributed by atoms with Crippen molar-refractivity contribution in [1.29, 1.82) is 0 Å². The number of benzene rings is 2. The fraction of sp³-hybridized carbons (Fsp3) is 0.158. The molecule has 0 aliphatic rings. The van der Waals surface area contributed by atoms with Gasteiger partial charge < -0.3 is 5.32 Å². The Morgan fingerprint density at radius 2 is 1.66 bits per heavy atom. The van der Waals surface area contributed by atoms with Crippen molar-refractivity contribution in [2.45, 2.75) is 16.5 Å². The number of imide groups is 1. The predicted molar refractivity (Wildman–Crippen MR) is 102 cm³/mol. The lowest BCUT2D eigenvalue weighted by molar-refractivity contribution is -0.145. The summed E-state index contributed by atoms with van der Waals surface area (Å²) >= 11 is 0.819. The van der Waals surface area contributed by atoms with Gasteiger partial charge in [-0.3, -0.25) is 10.1 Å². The van der Waals surface area contributed by atoms with E-state index in [2.05, 4.69) is 20.6 Å². The molecule has 1 unspecified atom stereocenters. The van der Waals surface area contributed by atoms with Crippen molar-refractivity contribution < 1.29 is 22.8 Å². The molecule has 0 bridgehead atoms. The Hall–Kier alpha value is -3.14. The highest BCUT2D eigenvalue weighted by Gasteiger charge is 2.36. The maximum Gasteiger partial charge on any atom is 0.451 e. The van der Waals surface area contributed by atoms with Crippen LogP contribution in [0, 0.1) is 0 Å². The molecule has 0 saturated carbocycles. The van der Waals surface area contributed by atoms with Gasteiger partial charge >= 0.3 is 12.2 Å². The van der Waals surface area contributed by atoms with Crippen molar-refractivity contribution in [1.82, 2.24) is 20.6 Å². The fourth-order valence-corrected chi connectivity index (χ4v) is 3.64. The first-order valence-electron chi connectivity index (χ1n) is 8.37. The lowest BCUT2D eigenvalue weighted by Gasteiger charge is -2.17. The highest BCUT2D eigenvalue weighted by molar-refractivity contribution is 8.00. The summed E-state index contributed by atoms with van der Waals surface area (Å²) in [6.07, 6.45) is -4.74. The van der Waals surface area contributed by atoms with Gasteiger partial charge in [-0.2, -0.15) is 13.2 Å². The van der Waals surface area contributed by atoms with Crippen LogP contribution in [-0.4, -0.2) is 29.0 Å². The van der Waals surface area contributed by atoms with Gasteiger partial charge in [-0.1, -0.05) is 60.3 Å². The number of hydrogen-bond donors (Lipinski definition) is 2. The molecule has 10 heteroatoms. The number of aromatic nitrogens is 2. The van der Waals surface area contributed by atoms with Crippen LogP contribution in [0.4, 0.5) is 18.0 Å². The monoisotopic (exact) mass is 420 g/mol. The van der Waals surface area contributed by atoms with Crippen molar-refractivity contribution in [3.05, 3.63) is 66.0 Å². The lowest BCUT2D eigenvalue weighted by Crippen LogP contribution is -2.39. The number of halogens is 3. The van der Waals surface area contributed by atoms with Crippen LogP contribution in [-0.2, 0) is 11.0 Å². The van der Waals surface area contributed by atoms with Crippen LogP contribution in [0.15, 0.2) is 59.6 Å². The summed E-state index contributed by atoms with van der Waals surface area (Å²) in [6.45, 7) is 0. The highest BCUT2D eigenvalue weighted by Crippen LogP contribution is 2.39. The summed E-state index contributed by atoms with van der Waals surface area (Å²) in [5, 5.41) is 3.79. The molecule has 150 valence electrons. The summed E-state index contributed by atoms with van der Waals surface area (Å²) in [5.41, 5.74) is 0.617. The first kappa shape index (κ1) is 20.6. The fourth-order valence-electron chi connectivity index (χ4n) is 2.52. The van der Waals surface area contributed by atoms with E-state index in [1.165, 1.54) is 13.1 Å². The van der Waals surface area contributed by atoms with E-state index >= 15 is 0 Å². The number of para-hydroxylation sites is 1. The Labute approximate surface area is 167 Å². The quantitative estimate of drug-likeness (QED) is 0.494. The van der Waals surface area contributed by atoms with Crippen LogP contribution in [0.1, 0.15) is 16.6 Å². The summed E-state index contributed by atoms with van der Waals surface area (Å²) < 4.78 is 39.8. The van der Waals surface area contributed by atoms with Crippen LogP contribution >= 0.6 is 11.8 Å². The smallest absolute Gasteiger partial charge is 0.341 e. The van der Waals surface area contributed by atoms with Crippen molar-refractivity contribution >= 4 is 34.6 Å². The highest BCUT2D eigenvalue weighted by atomic mass is 32.2. The number of alkyl halides is 3. The van der Waals surface area contributed by atoms with E-state index in [0.29, 0.717) is 10.9 Å². The van der Waals surface area contributed by atoms with E-state index in [4.69, 9.17) is 0 Å². The van der Waals surface area contributed by atoms with Gasteiger partial charge in [0.15, 0.2) is 0 Å². The van der Waals surface area contributed by atoms with Crippen LogP contribution in [0.5, 0.6) is 0 Å². The minimum absolute atomic E-state index is 0.0103. The van der Waals surface area contributed by atoms with Gasteiger partial charge in [0.2, 0.25) is 11.7 Å². The average molecular weight is 420 g/mol. The third-order valence-corrected chi connectivity index (χ3v) is 5.11. The third kappa shape index (κ3) is 4.83. The molecule has 0 aliphatic heterocycles. The molecule has 1 atom stereocenters. The summed E-state index contributed by atoms with van der Waals surface area (Å²) in [7, 11) is 1.35. The van der Waals surface area contributed by atoms with Crippen LogP contribution in [0.2, 0.25) is 0 Å². The van der Waals surface area contributed by atoms with Crippen molar-refractivity contribution in [3.63, 3.8) is 0 Å². The zero-order valence-electron chi connectivity index (χ0n) is 15.0. The van der Waals surface area contributed by atoms with E-state index < -0.39 is 29.2 Å². The predicted octanol–water partition coefficient (Wildman–Crippen LogP) is 3.94. The Kier molecular flexibility index (Phi) is 6.02. The van der Waals surface area contributed by atoms with Gasteiger partial charge in [-0.05, 0) is 11.6 Å². The minimum Gasteiger partial charge on any atom is -0.341 e. The molecule has 2 N–H and O–H groups in total. The van der Waals surface area contributed by atoms with Gasteiger partial charge in [-0.15, -0.1) is 0 Å². The second-order valence-corrected chi connectivity index (χ2v) is 6.94. The van der Waals surface area contributed by atoms with E-state index in [1.807, 2.05) is 0 Å². The number of thioether (sulfide) groups is 1. The number of urea groups is 1. The van der Waals surface area contributed by atoms with E-state index in [1.54, 1.807) is 48.5 Å². The molecule has 1 aromatic heterocycles. The molecule has 1 heterocycles. The number of carbonyl (C=O) groups is 2. The molecule has 3 aromatic rings. The van der Waals surface area contributed by atoms with E-state index in [0.717, 1.165) is 11.8 Å². The van der Waals surface area contributed by atoms with Crippen LogP contribution in [0.25, 0.3) is 10.9 Å². The zero-order valence-corrected chi connectivity index (χ0v) is 15.8. The molecule has 3 amide bonds. The molecule has 2 aromatic carbocycles. The van der Waals surface area contributed by atoms with Gasteiger partial charge in [0.25, 0.3) is 0 Å². The molecule has 0 fully saturated rings. The van der Waals surface area contributed by atoms with Crippen LogP contribution < -0.4 is 10.6 Å². The molecule has 6 nitrogen and oxygen atoms in total. The number of rotatable bonds is 4. The molecule has 0 saturated heterocycles. The van der Waals surface area contributed by atoms with Crippen molar-refractivity contribution in [2.24, 2.45) is 0 Å². The average Bonchev–Trinajstić information content (AvgIpc) is 2.71. The molecule has 29 heavy (non-hydrogen) atoms. The second-order valence-electron chi connectivity index (χ2n) is 5.84. The SMILES string of the molecule is CNC(=O)NC(=O)C(Sc1nc(C(F)(F)F)nc2ccccc12)c1ccccc1. The van der Waals surface area contributed by atoms with Crippen molar-refractivity contribution in [3.8, 4) is 0 Å². The Bertz CT molecular complexity index is 1040. The molecular weight excluding hydrogens is 405 g/mol. The van der Waals surface area contributed by atoms with Gasteiger partial charge in [-0.25, -0.2) is 14.8 Å². The second kappa shape index (κ2) is 8.48. The molecule has 3 rings (SSSR count). The number of nitrogens with one attached hydrogen (secondary N) is 2. The summed E-state index contributed by atoms with van der Waals surface area (Å²) in [6, 6.07) is 13.9. The summed E-state index contributed by atoms with van der Waals surface area (Å²) in [5.74, 6) is -1.98. The first-order chi connectivity index (χ1) is 13.8. The largest absolute Gasteiger partial charge is 0.451 e. The van der Waals surface area contributed by atoms with Gasteiger partial charge in [0.05, 0.1) is 5.52 Å². The molecular formula is C19H15F3N4O2S. The first-order valence-corrected chi connectivity index (χ1v) is 9.25.